The van der Waals surface area contributed by atoms with Crippen LogP contribution in [0.4, 0.5) is 0 Å². The van der Waals surface area contributed by atoms with E-state index in [1.807, 2.05) is 30.1 Å². The van der Waals surface area contributed by atoms with Crippen molar-refractivity contribution in [2.45, 2.75) is 25.4 Å². The number of benzene rings is 1. The molecule has 26 heavy (non-hydrogen) atoms. The standard InChI is InChI=1S/C19H23N3O3S/c1-21-11-14(25-2)10-19(18(21)24)5-7-22(8-6-19)17(23)13-3-4-15-16(9-13)26-12-20-15/h3-4,9,12,14H,5-8,10-11H2,1-2H3. The number of ether oxygens (including phenoxy) is 1. The van der Waals surface area contributed by atoms with Gasteiger partial charge in [-0.2, -0.15) is 0 Å². The number of carbonyl (C=O) groups excluding carboxylic acids is 2. The lowest BCUT2D eigenvalue weighted by Crippen LogP contribution is -2.57. The first-order chi connectivity index (χ1) is 12.5. The minimum atomic E-state index is -0.383. The number of hydrogen-bond donors (Lipinski definition) is 0. The van der Waals surface area contributed by atoms with E-state index in [1.165, 1.54) is 0 Å². The van der Waals surface area contributed by atoms with E-state index in [1.54, 1.807) is 28.9 Å². The molecule has 0 saturated carbocycles. The molecule has 7 heteroatoms. The largest absolute Gasteiger partial charge is 0.380 e. The number of methoxy groups -OCH3 is 1. The third-order valence-corrected chi connectivity index (χ3v) is 6.61. The average molecular weight is 373 g/mol. The fourth-order valence-corrected chi connectivity index (χ4v) is 4.98. The number of aromatic nitrogens is 1. The monoisotopic (exact) mass is 373 g/mol. The van der Waals surface area contributed by atoms with Crippen LogP contribution in [0.5, 0.6) is 0 Å². The number of nitrogens with zero attached hydrogens (tertiary/aromatic N) is 3. The van der Waals surface area contributed by atoms with Crippen molar-refractivity contribution >= 4 is 33.4 Å². The number of likely N-dealkylation sites (N-methyl/N-ethyl adjacent to an activating group) is 1. The summed E-state index contributed by atoms with van der Waals surface area (Å²) in [5.74, 6) is 0.235. The highest BCUT2D eigenvalue weighted by molar-refractivity contribution is 7.16. The molecule has 0 N–H and O–H groups in total. The number of amides is 2. The smallest absolute Gasteiger partial charge is 0.253 e. The molecule has 2 fully saturated rings. The van der Waals surface area contributed by atoms with E-state index in [4.69, 9.17) is 4.74 Å². The predicted molar refractivity (Wildman–Crippen MR) is 100 cm³/mol. The van der Waals surface area contributed by atoms with E-state index < -0.39 is 0 Å². The highest BCUT2D eigenvalue weighted by atomic mass is 32.1. The highest BCUT2D eigenvalue weighted by Gasteiger charge is 2.48. The first kappa shape index (κ1) is 17.4. The van der Waals surface area contributed by atoms with Crippen LogP contribution >= 0.6 is 11.3 Å². The molecular formula is C19H23N3O3S. The van der Waals surface area contributed by atoms with E-state index in [0.717, 1.165) is 16.6 Å². The number of hydrogen-bond acceptors (Lipinski definition) is 5. The zero-order valence-corrected chi connectivity index (χ0v) is 15.9. The van der Waals surface area contributed by atoms with Gasteiger partial charge in [0.25, 0.3) is 5.91 Å². The van der Waals surface area contributed by atoms with E-state index in [9.17, 15) is 9.59 Å². The quantitative estimate of drug-likeness (QED) is 0.811. The number of piperidine rings is 2. The number of thiazole rings is 1. The zero-order valence-electron chi connectivity index (χ0n) is 15.1. The van der Waals surface area contributed by atoms with Gasteiger partial charge in [-0.15, -0.1) is 11.3 Å². The lowest BCUT2D eigenvalue weighted by Gasteiger charge is -2.47. The Morgan fingerprint density at radius 1 is 1.35 bits per heavy atom. The molecule has 3 heterocycles. The molecule has 2 amide bonds. The second kappa shape index (κ2) is 6.63. The van der Waals surface area contributed by atoms with Crippen molar-refractivity contribution in [3.05, 3.63) is 29.3 Å². The number of fused-ring (bicyclic) bond motifs is 1. The van der Waals surface area contributed by atoms with Crippen LogP contribution in [-0.4, -0.2) is 66.5 Å². The zero-order chi connectivity index (χ0) is 18.3. The first-order valence-corrected chi connectivity index (χ1v) is 9.81. The summed E-state index contributed by atoms with van der Waals surface area (Å²) in [4.78, 5) is 33.6. The van der Waals surface area contributed by atoms with Crippen LogP contribution in [0.2, 0.25) is 0 Å². The molecule has 0 radical (unpaired) electrons. The SMILES string of the molecule is COC1CN(C)C(=O)C2(CCN(C(=O)c3ccc4ncsc4c3)CC2)C1. The van der Waals surface area contributed by atoms with Crippen LogP contribution in [0.1, 0.15) is 29.6 Å². The summed E-state index contributed by atoms with van der Waals surface area (Å²) >= 11 is 1.54. The molecule has 0 bridgehead atoms. The van der Waals surface area contributed by atoms with Crippen molar-refractivity contribution < 1.29 is 14.3 Å². The van der Waals surface area contributed by atoms with Gasteiger partial charge in [-0.1, -0.05) is 0 Å². The van der Waals surface area contributed by atoms with Crippen LogP contribution in [0.25, 0.3) is 10.2 Å². The number of carbonyl (C=O) groups is 2. The van der Waals surface area contributed by atoms with Gasteiger partial charge in [0.1, 0.15) is 0 Å². The molecule has 1 aromatic carbocycles. The summed E-state index contributed by atoms with van der Waals surface area (Å²) in [6.07, 6.45) is 2.23. The molecule has 2 aliphatic rings. The molecule has 1 spiro atoms. The van der Waals surface area contributed by atoms with Crippen molar-refractivity contribution in [2.75, 3.05) is 33.8 Å². The van der Waals surface area contributed by atoms with E-state index in [-0.39, 0.29) is 23.3 Å². The maximum atomic E-state index is 12.9. The van der Waals surface area contributed by atoms with Gasteiger partial charge in [-0.05, 0) is 37.5 Å². The van der Waals surface area contributed by atoms with Crippen LogP contribution in [0.3, 0.4) is 0 Å². The Hall–Kier alpha value is -1.99. The van der Waals surface area contributed by atoms with Gasteiger partial charge >= 0.3 is 0 Å². The van der Waals surface area contributed by atoms with E-state index >= 15 is 0 Å². The summed E-state index contributed by atoms with van der Waals surface area (Å²) in [6, 6.07) is 5.66. The number of rotatable bonds is 2. The van der Waals surface area contributed by atoms with Crippen molar-refractivity contribution in [2.24, 2.45) is 5.41 Å². The Balaban J connectivity index is 1.48. The molecule has 2 aromatic rings. The lowest BCUT2D eigenvalue weighted by molar-refractivity contribution is -0.155. The second-order valence-electron chi connectivity index (χ2n) is 7.35. The van der Waals surface area contributed by atoms with Crippen molar-refractivity contribution in [1.82, 2.24) is 14.8 Å². The van der Waals surface area contributed by atoms with Gasteiger partial charge < -0.3 is 14.5 Å². The minimum Gasteiger partial charge on any atom is -0.380 e. The van der Waals surface area contributed by atoms with Gasteiger partial charge in [-0.25, -0.2) is 4.98 Å². The third-order valence-electron chi connectivity index (χ3n) is 5.82. The van der Waals surface area contributed by atoms with Gasteiger partial charge in [0.2, 0.25) is 5.91 Å². The third kappa shape index (κ3) is 2.89. The summed E-state index contributed by atoms with van der Waals surface area (Å²) in [5, 5.41) is 0. The highest BCUT2D eigenvalue weighted by Crippen LogP contribution is 2.41. The second-order valence-corrected chi connectivity index (χ2v) is 8.24. The fraction of sp³-hybridized carbons (Fsp3) is 0.526. The Bertz CT molecular complexity index is 841. The van der Waals surface area contributed by atoms with Gasteiger partial charge in [0.15, 0.2) is 0 Å². The fourth-order valence-electron chi connectivity index (χ4n) is 4.27. The van der Waals surface area contributed by atoms with Gasteiger partial charge in [0.05, 0.1) is 27.2 Å². The summed E-state index contributed by atoms with van der Waals surface area (Å²) in [5.41, 5.74) is 3.03. The van der Waals surface area contributed by atoms with Crippen molar-refractivity contribution in [3.63, 3.8) is 0 Å². The van der Waals surface area contributed by atoms with Crippen LogP contribution in [-0.2, 0) is 9.53 Å². The molecule has 6 nitrogen and oxygen atoms in total. The Kier molecular flexibility index (Phi) is 4.44. The van der Waals surface area contributed by atoms with Crippen molar-refractivity contribution in [1.29, 1.82) is 0 Å². The predicted octanol–water partition coefficient (Wildman–Crippen LogP) is 2.40. The molecule has 0 aliphatic carbocycles. The maximum Gasteiger partial charge on any atom is 0.253 e. The summed E-state index contributed by atoms with van der Waals surface area (Å²) in [6.45, 7) is 1.86. The maximum absolute atomic E-state index is 12.9. The van der Waals surface area contributed by atoms with Crippen LogP contribution < -0.4 is 0 Å². The Morgan fingerprint density at radius 3 is 2.85 bits per heavy atom. The molecule has 2 saturated heterocycles. The van der Waals surface area contributed by atoms with Crippen LogP contribution in [0, 0.1) is 5.41 Å². The first-order valence-electron chi connectivity index (χ1n) is 8.93. The summed E-state index contributed by atoms with van der Waals surface area (Å²) < 4.78 is 6.56. The molecule has 1 aromatic heterocycles. The molecule has 1 atom stereocenters. The molecule has 138 valence electrons. The van der Waals surface area contributed by atoms with Gasteiger partial charge in [0, 0.05) is 39.4 Å². The van der Waals surface area contributed by atoms with E-state index in [2.05, 4.69) is 4.98 Å². The van der Waals surface area contributed by atoms with E-state index in [0.29, 0.717) is 38.0 Å². The molecule has 4 rings (SSSR count). The molecule has 1 unspecified atom stereocenters. The number of likely N-dealkylation sites (tertiary alicyclic amines) is 2. The lowest BCUT2D eigenvalue weighted by atomic mass is 9.71. The van der Waals surface area contributed by atoms with Crippen LogP contribution in [0.15, 0.2) is 23.7 Å². The minimum absolute atomic E-state index is 0.0371. The Labute approximate surface area is 156 Å². The average Bonchev–Trinajstić information content (AvgIpc) is 3.13. The van der Waals surface area contributed by atoms with Gasteiger partial charge in [-0.3, -0.25) is 9.59 Å². The molecule has 2 aliphatic heterocycles. The normalized spacial score (nSPS) is 23.0. The topological polar surface area (TPSA) is 62.7 Å². The Morgan fingerprint density at radius 2 is 2.12 bits per heavy atom. The summed E-state index contributed by atoms with van der Waals surface area (Å²) in [7, 11) is 3.55. The molecular weight excluding hydrogens is 350 g/mol. The van der Waals surface area contributed by atoms with Crippen molar-refractivity contribution in [3.8, 4) is 0 Å².